The Labute approximate surface area is 132 Å². The van der Waals surface area contributed by atoms with Gasteiger partial charge < -0.3 is 10.4 Å². The molecule has 0 spiro atoms. The Morgan fingerprint density at radius 3 is 2.50 bits per heavy atom. The molecule has 22 heavy (non-hydrogen) atoms. The number of carbonyl (C=O) groups excluding carboxylic acids is 1. The summed E-state index contributed by atoms with van der Waals surface area (Å²) in [4.78, 5) is 22.3. The molecule has 0 aliphatic carbocycles. The first-order valence-electron chi connectivity index (χ1n) is 6.94. The first kappa shape index (κ1) is 14.6. The standard InChI is InChI=1S/C17H14ClNO3/c18-15-6-5-12(13-8-16(20)19-9-13)7-14(15)10-1-3-11(4-2-10)17(21)22/h1-7,13H,8-9H2,(H,19,20)(H,21,22). The molecule has 1 fully saturated rings. The highest BCUT2D eigenvalue weighted by Crippen LogP contribution is 2.33. The maximum absolute atomic E-state index is 11.4. The molecule has 1 atom stereocenters. The molecule has 0 bridgehead atoms. The summed E-state index contributed by atoms with van der Waals surface area (Å²) >= 11 is 6.27. The van der Waals surface area contributed by atoms with Gasteiger partial charge in [0.2, 0.25) is 5.91 Å². The Morgan fingerprint density at radius 1 is 1.18 bits per heavy atom. The molecule has 1 amide bonds. The fourth-order valence-electron chi connectivity index (χ4n) is 2.65. The molecule has 5 heteroatoms. The van der Waals surface area contributed by atoms with E-state index in [1.807, 2.05) is 18.2 Å². The van der Waals surface area contributed by atoms with E-state index < -0.39 is 5.97 Å². The fraction of sp³-hybridized carbons (Fsp3) is 0.176. The van der Waals surface area contributed by atoms with Gasteiger partial charge in [-0.05, 0) is 35.4 Å². The lowest BCUT2D eigenvalue weighted by Gasteiger charge is -2.12. The lowest BCUT2D eigenvalue weighted by atomic mass is 9.94. The highest BCUT2D eigenvalue weighted by Gasteiger charge is 2.23. The Kier molecular flexibility index (Phi) is 3.86. The molecule has 2 aromatic rings. The quantitative estimate of drug-likeness (QED) is 0.913. The van der Waals surface area contributed by atoms with Crippen molar-refractivity contribution in [2.75, 3.05) is 6.54 Å². The number of carboxylic acid groups (broad SMARTS) is 1. The van der Waals surface area contributed by atoms with Gasteiger partial charge in [0, 0.05) is 29.5 Å². The Bertz CT molecular complexity index is 740. The number of carbonyl (C=O) groups is 2. The van der Waals surface area contributed by atoms with Crippen molar-refractivity contribution < 1.29 is 14.7 Å². The molecule has 1 saturated heterocycles. The summed E-state index contributed by atoms with van der Waals surface area (Å²) < 4.78 is 0. The van der Waals surface area contributed by atoms with Crippen molar-refractivity contribution in [2.45, 2.75) is 12.3 Å². The van der Waals surface area contributed by atoms with Crippen LogP contribution in [0.4, 0.5) is 0 Å². The van der Waals surface area contributed by atoms with Crippen LogP contribution in [-0.2, 0) is 4.79 Å². The predicted molar refractivity (Wildman–Crippen MR) is 84.2 cm³/mol. The Hall–Kier alpha value is -2.33. The third kappa shape index (κ3) is 2.83. The number of rotatable bonds is 3. The molecular weight excluding hydrogens is 302 g/mol. The van der Waals surface area contributed by atoms with E-state index in [0.717, 1.165) is 16.7 Å². The summed E-state index contributed by atoms with van der Waals surface area (Å²) in [5.41, 5.74) is 2.99. The van der Waals surface area contributed by atoms with Gasteiger partial charge in [-0.1, -0.05) is 29.8 Å². The lowest BCUT2D eigenvalue weighted by molar-refractivity contribution is -0.119. The molecule has 0 aromatic heterocycles. The largest absolute Gasteiger partial charge is 0.478 e. The molecule has 1 aliphatic rings. The predicted octanol–water partition coefficient (Wildman–Crippen LogP) is 3.31. The molecular formula is C17H14ClNO3. The van der Waals surface area contributed by atoms with Crippen molar-refractivity contribution >= 4 is 23.5 Å². The summed E-state index contributed by atoms with van der Waals surface area (Å²) in [7, 11) is 0. The summed E-state index contributed by atoms with van der Waals surface area (Å²) in [5.74, 6) is -0.740. The molecule has 2 aromatic carbocycles. The van der Waals surface area contributed by atoms with Crippen molar-refractivity contribution in [3.05, 3.63) is 58.6 Å². The van der Waals surface area contributed by atoms with E-state index in [0.29, 0.717) is 18.0 Å². The minimum Gasteiger partial charge on any atom is -0.478 e. The zero-order chi connectivity index (χ0) is 15.7. The summed E-state index contributed by atoms with van der Waals surface area (Å²) in [6, 6.07) is 12.3. The van der Waals surface area contributed by atoms with Gasteiger partial charge in [0.25, 0.3) is 0 Å². The average molecular weight is 316 g/mol. The SMILES string of the molecule is O=C1CC(c2ccc(Cl)c(-c3ccc(C(=O)O)cc3)c2)CN1. The molecule has 4 nitrogen and oxygen atoms in total. The van der Waals surface area contributed by atoms with E-state index in [1.54, 1.807) is 24.3 Å². The molecule has 0 saturated carbocycles. The van der Waals surface area contributed by atoms with Crippen molar-refractivity contribution in [3.63, 3.8) is 0 Å². The van der Waals surface area contributed by atoms with Crippen LogP contribution in [0.1, 0.15) is 28.3 Å². The first-order chi connectivity index (χ1) is 10.5. The van der Waals surface area contributed by atoms with Crippen LogP contribution in [0.3, 0.4) is 0 Å². The highest BCUT2D eigenvalue weighted by atomic mass is 35.5. The molecule has 1 aliphatic heterocycles. The molecule has 1 unspecified atom stereocenters. The number of carboxylic acids is 1. The van der Waals surface area contributed by atoms with E-state index in [1.165, 1.54) is 0 Å². The zero-order valence-electron chi connectivity index (χ0n) is 11.7. The van der Waals surface area contributed by atoms with Crippen LogP contribution in [0.15, 0.2) is 42.5 Å². The van der Waals surface area contributed by atoms with Crippen molar-refractivity contribution in [1.29, 1.82) is 0 Å². The van der Waals surface area contributed by atoms with Gasteiger partial charge in [-0.25, -0.2) is 4.79 Å². The summed E-state index contributed by atoms with van der Waals surface area (Å²) in [6.45, 7) is 0.637. The average Bonchev–Trinajstić information content (AvgIpc) is 2.94. The number of hydrogen-bond donors (Lipinski definition) is 2. The molecule has 1 heterocycles. The van der Waals surface area contributed by atoms with Gasteiger partial charge in [-0.2, -0.15) is 0 Å². The van der Waals surface area contributed by atoms with Crippen molar-refractivity contribution in [2.24, 2.45) is 0 Å². The topological polar surface area (TPSA) is 66.4 Å². The third-order valence-corrected chi connectivity index (χ3v) is 4.21. The fourth-order valence-corrected chi connectivity index (χ4v) is 2.88. The Morgan fingerprint density at radius 2 is 1.91 bits per heavy atom. The second-order valence-electron chi connectivity index (χ2n) is 5.33. The van der Waals surface area contributed by atoms with Gasteiger partial charge in [0.15, 0.2) is 0 Å². The number of halogens is 1. The monoisotopic (exact) mass is 315 g/mol. The maximum atomic E-state index is 11.4. The van der Waals surface area contributed by atoms with Crippen LogP contribution >= 0.6 is 11.6 Å². The van der Waals surface area contributed by atoms with E-state index >= 15 is 0 Å². The van der Waals surface area contributed by atoms with Gasteiger partial charge in [0.1, 0.15) is 0 Å². The van der Waals surface area contributed by atoms with Crippen LogP contribution in [-0.4, -0.2) is 23.5 Å². The number of amides is 1. The lowest BCUT2D eigenvalue weighted by Crippen LogP contribution is -2.13. The van der Waals surface area contributed by atoms with Crippen LogP contribution in [0.5, 0.6) is 0 Å². The normalized spacial score (nSPS) is 17.3. The summed E-state index contributed by atoms with van der Waals surface area (Å²) in [6.07, 6.45) is 0.485. The molecule has 0 radical (unpaired) electrons. The number of nitrogens with one attached hydrogen (secondary N) is 1. The van der Waals surface area contributed by atoms with Gasteiger partial charge in [0.05, 0.1) is 5.56 Å². The Balaban J connectivity index is 1.95. The van der Waals surface area contributed by atoms with Crippen molar-refractivity contribution in [3.8, 4) is 11.1 Å². The number of benzene rings is 2. The highest BCUT2D eigenvalue weighted by molar-refractivity contribution is 6.33. The van der Waals surface area contributed by atoms with Gasteiger partial charge in [-0.15, -0.1) is 0 Å². The maximum Gasteiger partial charge on any atom is 0.335 e. The molecule has 2 N–H and O–H groups in total. The number of aromatic carboxylic acids is 1. The van der Waals surface area contributed by atoms with E-state index in [-0.39, 0.29) is 17.4 Å². The van der Waals surface area contributed by atoms with Crippen LogP contribution < -0.4 is 5.32 Å². The summed E-state index contributed by atoms with van der Waals surface area (Å²) in [5, 5.41) is 12.4. The van der Waals surface area contributed by atoms with E-state index in [4.69, 9.17) is 16.7 Å². The van der Waals surface area contributed by atoms with E-state index in [2.05, 4.69) is 5.32 Å². The second kappa shape index (κ2) is 5.81. The minimum atomic E-state index is -0.957. The van der Waals surface area contributed by atoms with Crippen LogP contribution in [0, 0.1) is 0 Å². The van der Waals surface area contributed by atoms with Crippen molar-refractivity contribution in [1.82, 2.24) is 5.32 Å². The van der Waals surface area contributed by atoms with Crippen LogP contribution in [0.2, 0.25) is 5.02 Å². The molecule has 3 rings (SSSR count). The van der Waals surface area contributed by atoms with Gasteiger partial charge >= 0.3 is 5.97 Å². The first-order valence-corrected chi connectivity index (χ1v) is 7.32. The minimum absolute atomic E-state index is 0.0623. The van der Waals surface area contributed by atoms with Gasteiger partial charge in [-0.3, -0.25) is 4.79 Å². The second-order valence-corrected chi connectivity index (χ2v) is 5.73. The smallest absolute Gasteiger partial charge is 0.335 e. The zero-order valence-corrected chi connectivity index (χ0v) is 12.4. The van der Waals surface area contributed by atoms with E-state index in [9.17, 15) is 9.59 Å². The number of hydrogen-bond acceptors (Lipinski definition) is 2. The van der Waals surface area contributed by atoms with Crippen LogP contribution in [0.25, 0.3) is 11.1 Å². The third-order valence-electron chi connectivity index (χ3n) is 3.88. The molecule has 112 valence electrons.